The molecule has 0 aromatic carbocycles. The van der Waals surface area contributed by atoms with Crippen molar-refractivity contribution in [1.82, 2.24) is 15.5 Å². The molecule has 0 saturated heterocycles. The average Bonchev–Trinajstić information content (AvgIpc) is 3.05. The van der Waals surface area contributed by atoms with Gasteiger partial charge in [-0.25, -0.2) is 0 Å². The van der Waals surface area contributed by atoms with Crippen molar-refractivity contribution in [2.45, 2.75) is 20.1 Å². The van der Waals surface area contributed by atoms with Gasteiger partial charge in [0.15, 0.2) is 11.6 Å². The first-order chi connectivity index (χ1) is 9.60. The zero-order valence-electron chi connectivity index (χ0n) is 11.0. The van der Waals surface area contributed by atoms with E-state index in [1.165, 1.54) is 14.0 Å². The third-order valence-corrected chi connectivity index (χ3v) is 3.55. The second-order valence-electron chi connectivity index (χ2n) is 3.94. The van der Waals surface area contributed by atoms with Gasteiger partial charge in [0.25, 0.3) is 11.8 Å². The van der Waals surface area contributed by atoms with Crippen LogP contribution in [0.5, 0.6) is 0 Å². The number of hydrogen-bond donors (Lipinski definition) is 1. The predicted molar refractivity (Wildman–Crippen MR) is 70.5 cm³/mol. The summed E-state index contributed by atoms with van der Waals surface area (Å²) in [7, 11) is 1.52. The lowest BCUT2D eigenvalue weighted by Crippen LogP contribution is -2.22. The second-order valence-corrected chi connectivity index (χ2v) is 5.02. The fraction of sp³-hybridized carbons (Fsp3) is 0.333. The molecule has 2 aromatic rings. The van der Waals surface area contributed by atoms with Crippen LogP contribution in [0.3, 0.4) is 0 Å². The van der Waals surface area contributed by atoms with Crippen LogP contribution < -0.4 is 5.32 Å². The van der Waals surface area contributed by atoms with Gasteiger partial charge in [-0.2, -0.15) is 4.98 Å². The van der Waals surface area contributed by atoms with Crippen LogP contribution in [-0.2, 0) is 17.9 Å². The Morgan fingerprint density at radius 3 is 2.80 bits per heavy atom. The van der Waals surface area contributed by atoms with Gasteiger partial charge < -0.3 is 14.6 Å². The summed E-state index contributed by atoms with van der Waals surface area (Å²) in [5.41, 5.74) is 0. The molecule has 2 aromatic heterocycles. The minimum atomic E-state index is -0.277. The highest BCUT2D eigenvalue weighted by Gasteiger charge is 2.12. The minimum Gasteiger partial charge on any atom is -0.375 e. The Balaban J connectivity index is 1.92. The van der Waals surface area contributed by atoms with E-state index in [-0.39, 0.29) is 24.8 Å². The number of amides is 1. The Kier molecular flexibility index (Phi) is 4.59. The standard InChI is InChI=1S/C12H13N3O4S/c1-7(16)8-3-4-9(20-8)12(17)13-5-10-14-11(6-18-2)19-15-10/h3-4H,5-6H2,1-2H3,(H,13,17). The Labute approximate surface area is 118 Å². The third-order valence-electron chi connectivity index (χ3n) is 2.36. The number of thiophene rings is 1. The maximum absolute atomic E-state index is 11.9. The Bertz CT molecular complexity index is 620. The molecule has 0 aliphatic carbocycles. The van der Waals surface area contributed by atoms with Gasteiger partial charge in [-0.15, -0.1) is 11.3 Å². The molecule has 0 aliphatic rings. The summed E-state index contributed by atoms with van der Waals surface area (Å²) in [6, 6.07) is 3.25. The molecule has 2 rings (SSSR count). The van der Waals surface area contributed by atoms with E-state index < -0.39 is 0 Å². The van der Waals surface area contributed by atoms with Crippen LogP contribution in [0.25, 0.3) is 0 Å². The maximum atomic E-state index is 11.9. The number of nitrogens with zero attached hydrogens (tertiary/aromatic N) is 2. The number of ketones is 1. The van der Waals surface area contributed by atoms with Gasteiger partial charge >= 0.3 is 0 Å². The van der Waals surface area contributed by atoms with E-state index >= 15 is 0 Å². The molecule has 0 aliphatic heterocycles. The van der Waals surface area contributed by atoms with E-state index in [4.69, 9.17) is 9.26 Å². The van der Waals surface area contributed by atoms with Crippen molar-refractivity contribution < 1.29 is 18.8 Å². The molecule has 0 atom stereocenters. The number of ether oxygens (including phenoxy) is 1. The zero-order chi connectivity index (χ0) is 14.5. The number of Topliss-reactive ketones (excluding diaryl/α,β-unsaturated/α-hetero) is 1. The first kappa shape index (κ1) is 14.4. The maximum Gasteiger partial charge on any atom is 0.261 e. The highest BCUT2D eigenvalue weighted by atomic mass is 32.1. The topological polar surface area (TPSA) is 94.3 Å². The van der Waals surface area contributed by atoms with Gasteiger partial charge in [-0.1, -0.05) is 5.16 Å². The van der Waals surface area contributed by atoms with Crippen molar-refractivity contribution in [3.05, 3.63) is 33.6 Å². The quantitative estimate of drug-likeness (QED) is 0.810. The normalized spacial score (nSPS) is 10.5. The lowest BCUT2D eigenvalue weighted by molar-refractivity contribution is 0.0953. The Morgan fingerprint density at radius 1 is 1.40 bits per heavy atom. The van der Waals surface area contributed by atoms with E-state index in [1.54, 1.807) is 12.1 Å². The van der Waals surface area contributed by atoms with Crippen molar-refractivity contribution in [1.29, 1.82) is 0 Å². The summed E-state index contributed by atoms with van der Waals surface area (Å²) in [5, 5.41) is 6.36. The fourth-order valence-corrected chi connectivity index (χ4v) is 2.26. The number of hydrogen-bond acceptors (Lipinski definition) is 7. The van der Waals surface area contributed by atoms with Crippen LogP contribution >= 0.6 is 11.3 Å². The van der Waals surface area contributed by atoms with E-state index in [1.807, 2.05) is 0 Å². The monoisotopic (exact) mass is 295 g/mol. The Hall–Kier alpha value is -2.06. The smallest absolute Gasteiger partial charge is 0.261 e. The highest BCUT2D eigenvalue weighted by molar-refractivity contribution is 7.15. The fourth-order valence-electron chi connectivity index (χ4n) is 1.44. The predicted octanol–water partition coefficient (Wildman–Crippen LogP) is 1.41. The van der Waals surface area contributed by atoms with Crippen LogP contribution in [-0.4, -0.2) is 28.9 Å². The highest BCUT2D eigenvalue weighted by Crippen LogP contribution is 2.16. The Morgan fingerprint density at radius 2 is 2.15 bits per heavy atom. The lowest BCUT2D eigenvalue weighted by atomic mass is 10.3. The van der Waals surface area contributed by atoms with Crippen LogP contribution in [0.15, 0.2) is 16.7 Å². The minimum absolute atomic E-state index is 0.0589. The van der Waals surface area contributed by atoms with Crippen molar-refractivity contribution in [2.24, 2.45) is 0 Å². The number of methoxy groups -OCH3 is 1. The first-order valence-electron chi connectivity index (χ1n) is 5.79. The van der Waals surface area contributed by atoms with Gasteiger partial charge in [-0.3, -0.25) is 9.59 Å². The third kappa shape index (κ3) is 3.49. The first-order valence-corrected chi connectivity index (χ1v) is 6.61. The van der Waals surface area contributed by atoms with Crippen molar-refractivity contribution in [3.63, 3.8) is 0 Å². The molecule has 106 valence electrons. The molecule has 0 unspecified atom stereocenters. The molecule has 0 bridgehead atoms. The lowest BCUT2D eigenvalue weighted by Gasteiger charge is -1.98. The van der Waals surface area contributed by atoms with Gasteiger partial charge in [0.05, 0.1) is 16.3 Å². The molecule has 0 saturated carbocycles. The number of nitrogens with one attached hydrogen (secondary N) is 1. The van der Waals surface area contributed by atoms with Crippen molar-refractivity contribution in [2.75, 3.05) is 7.11 Å². The summed E-state index contributed by atoms with van der Waals surface area (Å²) in [5.74, 6) is 0.387. The van der Waals surface area contributed by atoms with Gasteiger partial charge in [0, 0.05) is 7.11 Å². The summed E-state index contributed by atoms with van der Waals surface area (Å²) in [6.45, 7) is 1.84. The number of carbonyl (C=O) groups excluding carboxylic acids is 2. The second kappa shape index (κ2) is 6.40. The van der Waals surface area contributed by atoms with Crippen molar-refractivity contribution in [3.8, 4) is 0 Å². The van der Waals surface area contributed by atoms with E-state index in [9.17, 15) is 9.59 Å². The number of aromatic nitrogens is 2. The number of rotatable bonds is 6. The average molecular weight is 295 g/mol. The molecular formula is C12H13N3O4S. The number of carbonyl (C=O) groups is 2. The largest absolute Gasteiger partial charge is 0.375 e. The van der Waals surface area contributed by atoms with Gasteiger partial charge in [-0.05, 0) is 19.1 Å². The summed E-state index contributed by atoms with van der Waals surface area (Å²) < 4.78 is 9.75. The molecule has 0 fully saturated rings. The van der Waals surface area contributed by atoms with Crippen LogP contribution in [0.2, 0.25) is 0 Å². The van der Waals surface area contributed by atoms with E-state index in [2.05, 4.69) is 15.5 Å². The van der Waals surface area contributed by atoms with Crippen LogP contribution in [0.4, 0.5) is 0 Å². The molecule has 0 spiro atoms. The summed E-state index contributed by atoms with van der Waals surface area (Å²) in [6.07, 6.45) is 0. The molecule has 7 nitrogen and oxygen atoms in total. The molecule has 8 heteroatoms. The molecule has 20 heavy (non-hydrogen) atoms. The molecule has 2 heterocycles. The SMILES string of the molecule is COCc1nc(CNC(=O)c2ccc(C(C)=O)s2)no1. The van der Waals surface area contributed by atoms with Gasteiger partial charge in [0.1, 0.15) is 6.61 Å². The van der Waals surface area contributed by atoms with Gasteiger partial charge in [0.2, 0.25) is 0 Å². The van der Waals surface area contributed by atoms with Crippen molar-refractivity contribution >= 4 is 23.0 Å². The molecule has 0 radical (unpaired) electrons. The molecular weight excluding hydrogens is 282 g/mol. The van der Waals surface area contributed by atoms with E-state index in [0.717, 1.165) is 11.3 Å². The zero-order valence-corrected chi connectivity index (χ0v) is 11.8. The van der Waals surface area contributed by atoms with E-state index in [0.29, 0.717) is 21.5 Å². The van der Waals surface area contributed by atoms with Crippen LogP contribution in [0.1, 0.15) is 38.0 Å². The molecule has 1 amide bonds. The summed E-state index contributed by atoms with van der Waals surface area (Å²) in [4.78, 5) is 28.1. The van der Waals surface area contributed by atoms with Crippen LogP contribution in [0, 0.1) is 0 Å². The molecule has 1 N–H and O–H groups in total. The summed E-state index contributed by atoms with van der Waals surface area (Å²) >= 11 is 1.15.